The first kappa shape index (κ1) is 13.8. The fraction of sp³-hybridized carbons (Fsp3) is 0.357. The molecule has 1 aliphatic rings. The van der Waals surface area contributed by atoms with E-state index in [1.54, 1.807) is 0 Å². The summed E-state index contributed by atoms with van der Waals surface area (Å²) in [6, 6.07) is 7.84. The largest absolute Gasteiger partial charge is 0.399 e. The van der Waals surface area contributed by atoms with Gasteiger partial charge in [-0.3, -0.25) is 4.79 Å². The third kappa shape index (κ3) is 2.82. The molecule has 2 heterocycles. The quantitative estimate of drug-likeness (QED) is 0.849. The molecule has 3 rings (SSSR count). The number of hydrogen-bond acceptors (Lipinski definition) is 6. The van der Waals surface area contributed by atoms with Crippen molar-refractivity contribution in [2.45, 2.75) is 6.92 Å². The molecule has 0 spiro atoms. The Morgan fingerprint density at radius 1 is 1.29 bits per heavy atom. The summed E-state index contributed by atoms with van der Waals surface area (Å²) >= 11 is 1.17. The Kier molecular flexibility index (Phi) is 3.74. The molecule has 0 radical (unpaired) electrons. The molecule has 0 saturated carbocycles. The number of nitrogens with two attached hydrogens (primary N) is 1. The van der Waals surface area contributed by atoms with E-state index in [1.165, 1.54) is 11.5 Å². The predicted octanol–water partition coefficient (Wildman–Crippen LogP) is 1.39. The highest BCUT2D eigenvalue weighted by Gasteiger charge is 2.25. The predicted molar refractivity (Wildman–Crippen MR) is 83.6 cm³/mol. The second-order valence-electron chi connectivity index (χ2n) is 5.06. The van der Waals surface area contributed by atoms with Crippen molar-refractivity contribution in [3.05, 3.63) is 34.8 Å². The number of hydrogen-bond donors (Lipinski definition) is 1. The van der Waals surface area contributed by atoms with E-state index in [1.807, 2.05) is 36.1 Å². The van der Waals surface area contributed by atoms with E-state index in [2.05, 4.69) is 14.5 Å². The maximum atomic E-state index is 12.4. The lowest BCUT2D eigenvalue weighted by molar-refractivity contribution is 0.0750. The van der Waals surface area contributed by atoms with Gasteiger partial charge in [0.25, 0.3) is 5.91 Å². The highest BCUT2D eigenvalue weighted by Crippen LogP contribution is 2.20. The van der Waals surface area contributed by atoms with E-state index >= 15 is 0 Å². The number of nitrogens with zero attached hydrogens (tertiary/aromatic N) is 4. The van der Waals surface area contributed by atoms with Crippen LogP contribution in [0.4, 0.5) is 11.4 Å². The van der Waals surface area contributed by atoms with Crippen molar-refractivity contribution in [3.63, 3.8) is 0 Å². The molecule has 1 saturated heterocycles. The van der Waals surface area contributed by atoms with Crippen molar-refractivity contribution < 1.29 is 4.79 Å². The number of amides is 1. The number of aromatic nitrogens is 2. The van der Waals surface area contributed by atoms with Crippen LogP contribution in [0.15, 0.2) is 24.3 Å². The van der Waals surface area contributed by atoms with Crippen LogP contribution in [-0.4, -0.2) is 46.6 Å². The van der Waals surface area contributed by atoms with Crippen molar-refractivity contribution in [1.82, 2.24) is 14.5 Å². The van der Waals surface area contributed by atoms with Gasteiger partial charge in [0.15, 0.2) is 0 Å². The standard InChI is InChI=1S/C14H17N5OS/c1-10-13(21-17-16-10)14(20)19-7-5-18(6-8-19)12-4-2-3-11(15)9-12/h2-4,9H,5-8,15H2,1H3. The van der Waals surface area contributed by atoms with Crippen molar-refractivity contribution in [2.75, 3.05) is 36.8 Å². The number of carbonyl (C=O) groups is 1. The average molecular weight is 303 g/mol. The maximum absolute atomic E-state index is 12.4. The summed E-state index contributed by atoms with van der Waals surface area (Å²) < 4.78 is 3.83. The van der Waals surface area contributed by atoms with Gasteiger partial charge in [-0.2, -0.15) is 0 Å². The van der Waals surface area contributed by atoms with Crippen molar-refractivity contribution >= 4 is 28.8 Å². The lowest BCUT2D eigenvalue weighted by atomic mass is 10.2. The molecule has 0 unspecified atom stereocenters. The zero-order valence-corrected chi connectivity index (χ0v) is 12.6. The summed E-state index contributed by atoms with van der Waals surface area (Å²) in [4.78, 5) is 17.2. The maximum Gasteiger partial charge on any atom is 0.267 e. The van der Waals surface area contributed by atoms with Gasteiger partial charge >= 0.3 is 0 Å². The van der Waals surface area contributed by atoms with Crippen LogP contribution in [0.2, 0.25) is 0 Å². The van der Waals surface area contributed by atoms with E-state index in [4.69, 9.17) is 5.73 Å². The number of nitrogen functional groups attached to an aromatic ring is 1. The second kappa shape index (κ2) is 5.69. The van der Waals surface area contributed by atoms with Gasteiger partial charge in [-0.25, -0.2) is 0 Å². The molecule has 2 N–H and O–H groups in total. The first-order chi connectivity index (χ1) is 10.1. The summed E-state index contributed by atoms with van der Waals surface area (Å²) in [5.74, 6) is 0.0368. The minimum absolute atomic E-state index is 0.0368. The molecule has 1 aromatic carbocycles. The number of aryl methyl sites for hydroxylation is 1. The van der Waals surface area contributed by atoms with Gasteiger partial charge in [-0.1, -0.05) is 10.6 Å². The third-order valence-corrected chi connectivity index (χ3v) is 4.46. The monoisotopic (exact) mass is 303 g/mol. The minimum atomic E-state index is 0.0368. The fourth-order valence-electron chi connectivity index (χ4n) is 2.46. The highest BCUT2D eigenvalue weighted by molar-refractivity contribution is 7.07. The Morgan fingerprint density at radius 3 is 2.67 bits per heavy atom. The first-order valence-corrected chi connectivity index (χ1v) is 7.61. The van der Waals surface area contributed by atoms with E-state index in [0.717, 1.165) is 24.5 Å². The van der Waals surface area contributed by atoms with Crippen molar-refractivity contribution in [2.24, 2.45) is 0 Å². The summed E-state index contributed by atoms with van der Waals surface area (Å²) in [6.07, 6.45) is 0. The van der Waals surface area contributed by atoms with E-state index < -0.39 is 0 Å². The zero-order valence-electron chi connectivity index (χ0n) is 11.8. The van der Waals surface area contributed by atoms with Gasteiger partial charge in [0.1, 0.15) is 4.88 Å². The van der Waals surface area contributed by atoms with Crippen LogP contribution < -0.4 is 10.6 Å². The molecule has 0 bridgehead atoms. The molecule has 1 fully saturated rings. The van der Waals surface area contributed by atoms with Crippen LogP contribution in [0.1, 0.15) is 15.4 Å². The van der Waals surface area contributed by atoms with Gasteiger partial charge in [0, 0.05) is 37.6 Å². The Labute approximate surface area is 127 Å². The zero-order chi connectivity index (χ0) is 14.8. The number of piperazine rings is 1. The summed E-state index contributed by atoms with van der Waals surface area (Å²) in [5.41, 5.74) is 8.40. The number of benzene rings is 1. The van der Waals surface area contributed by atoms with Crippen LogP contribution in [0, 0.1) is 6.92 Å². The summed E-state index contributed by atoms with van der Waals surface area (Å²) in [7, 11) is 0. The molecule has 1 amide bonds. The smallest absolute Gasteiger partial charge is 0.267 e. The lowest BCUT2D eigenvalue weighted by Crippen LogP contribution is -2.48. The van der Waals surface area contributed by atoms with Crippen LogP contribution in [0.5, 0.6) is 0 Å². The fourth-order valence-corrected chi connectivity index (χ4v) is 3.09. The van der Waals surface area contributed by atoms with E-state index in [-0.39, 0.29) is 5.91 Å². The molecule has 1 aliphatic heterocycles. The SMILES string of the molecule is Cc1nnsc1C(=O)N1CCN(c2cccc(N)c2)CC1. The van der Waals surface area contributed by atoms with Crippen LogP contribution in [0.25, 0.3) is 0 Å². The molecule has 21 heavy (non-hydrogen) atoms. The molecular weight excluding hydrogens is 286 g/mol. The van der Waals surface area contributed by atoms with Gasteiger partial charge in [0.2, 0.25) is 0 Å². The minimum Gasteiger partial charge on any atom is -0.399 e. The number of rotatable bonds is 2. The molecular formula is C14H17N5OS. The number of anilines is 2. The van der Waals surface area contributed by atoms with Gasteiger partial charge in [-0.15, -0.1) is 5.10 Å². The topological polar surface area (TPSA) is 75.4 Å². The number of carbonyl (C=O) groups excluding carboxylic acids is 1. The molecule has 7 heteroatoms. The Hall–Kier alpha value is -2.15. The second-order valence-corrected chi connectivity index (χ2v) is 5.82. The van der Waals surface area contributed by atoms with Crippen molar-refractivity contribution in [1.29, 1.82) is 0 Å². The van der Waals surface area contributed by atoms with Gasteiger partial charge in [-0.05, 0) is 36.7 Å². The van der Waals surface area contributed by atoms with E-state index in [0.29, 0.717) is 23.7 Å². The Bertz CT molecular complexity index is 648. The molecule has 2 aromatic rings. The van der Waals surface area contributed by atoms with Crippen LogP contribution in [-0.2, 0) is 0 Å². The molecule has 110 valence electrons. The van der Waals surface area contributed by atoms with Gasteiger partial charge < -0.3 is 15.5 Å². The summed E-state index contributed by atoms with van der Waals surface area (Å²) in [6.45, 7) is 4.83. The van der Waals surface area contributed by atoms with Crippen molar-refractivity contribution in [3.8, 4) is 0 Å². The molecule has 6 nitrogen and oxygen atoms in total. The van der Waals surface area contributed by atoms with E-state index in [9.17, 15) is 4.79 Å². The highest BCUT2D eigenvalue weighted by atomic mass is 32.1. The lowest BCUT2D eigenvalue weighted by Gasteiger charge is -2.36. The molecule has 1 aromatic heterocycles. The summed E-state index contributed by atoms with van der Waals surface area (Å²) in [5, 5.41) is 3.90. The average Bonchev–Trinajstić information content (AvgIpc) is 2.93. The third-order valence-electron chi connectivity index (χ3n) is 3.65. The van der Waals surface area contributed by atoms with Crippen LogP contribution >= 0.6 is 11.5 Å². The molecule has 0 aliphatic carbocycles. The van der Waals surface area contributed by atoms with Gasteiger partial charge in [0.05, 0.1) is 5.69 Å². The van der Waals surface area contributed by atoms with Crippen LogP contribution in [0.3, 0.4) is 0 Å². The molecule has 0 atom stereocenters. The Morgan fingerprint density at radius 2 is 2.05 bits per heavy atom. The first-order valence-electron chi connectivity index (χ1n) is 6.84. The Balaban J connectivity index is 1.65. The normalized spacial score (nSPS) is 15.3.